The molecular weight excluding hydrogens is 276 g/mol. The molecule has 1 aliphatic heterocycles. The number of thiophene rings is 1. The molecule has 21 heavy (non-hydrogen) atoms. The van der Waals surface area contributed by atoms with Gasteiger partial charge in [0.2, 0.25) is 0 Å². The molecule has 0 saturated carbocycles. The van der Waals surface area contributed by atoms with Gasteiger partial charge in [0.15, 0.2) is 0 Å². The molecule has 0 N–H and O–H groups in total. The van der Waals surface area contributed by atoms with Crippen molar-refractivity contribution in [1.82, 2.24) is 9.88 Å². The van der Waals surface area contributed by atoms with Crippen LogP contribution < -0.4 is 0 Å². The van der Waals surface area contributed by atoms with Gasteiger partial charge in [-0.05, 0) is 57.0 Å². The Balaban J connectivity index is 1.62. The number of piperidine rings is 1. The highest BCUT2D eigenvalue weighted by Gasteiger charge is 2.18. The second-order valence-electron chi connectivity index (χ2n) is 6.08. The van der Waals surface area contributed by atoms with Crippen LogP contribution in [0.2, 0.25) is 0 Å². The Morgan fingerprint density at radius 2 is 2.00 bits per heavy atom. The molecule has 0 aromatic carbocycles. The highest BCUT2D eigenvalue weighted by molar-refractivity contribution is 7.15. The fourth-order valence-electron chi connectivity index (χ4n) is 3.00. The average molecular weight is 300 g/mol. The van der Waals surface area contributed by atoms with Gasteiger partial charge >= 0.3 is 0 Å². The highest BCUT2D eigenvalue weighted by Crippen LogP contribution is 2.29. The van der Waals surface area contributed by atoms with E-state index in [1.165, 1.54) is 47.7 Å². The number of aromatic nitrogens is 1. The molecule has 2 aromatic heterocycles. The second-order valence-corrected chi connectivity index (χ2v) is 7.25. The van der Waals surface area contributed by atoms with E-state index in [2.05, 4.69) is 41.1 Å². The van der Waals surface area contributed by atoms with Crippen molar-refractivity contribution >= 4 is 11.3 Å². The van der Waals surface area contributed by atoms with E-state index in [1.54, 1.807) is 0 Å². The molecule has 112 valence electrons. The van der Waals surface area contributed by atoms with Gasteiger partial charge in [0.25, 0.3) is 0 Å². The molecule has 3 heterocycles. The molecule has 1 aliphatic rings. The number of aryl methyl sites for hydroxylation is 1. The first-order valence-electron chi connectivity index (χ1n) is 7.98. The van der Waals surface area contributed by atoms with Crippen LogP contribution in [0.1, 0.15) is 36.8 Å². The molecule has 3 heteroatoms. The molecule has 0 atom stereocenters. The minimum Gasteiger partial charge on any atom is -0.298 e. The van der Waals surface area contributed by atoms with Gasteiger partial charge in [-0.15, -0.1) is 11.3 Å². The van der Waals surface area contributed by atoms with Crippen LogP contribution in [0.5, 0.6) is 0 Å². The molecule has 2 nitrogen and oxygen atoms in total. The molecule has 3 rings (SSSR count). The fraction of sp³-hybridized carbons (Fsp3) is 0.500. The van der Waals surface area contributed by atoms with Gasteiger partial charge in [-0.1, -0.05) is 19.4 Å². The smallest absolute Gasteiger partial charge is 0.0373 e. The van der Waals surface area contributed by atoms with Crippen LogP contribution in [0.4, 0.5) is 0 Å². The first-order valence-corrected chi connectivity index (χ1v) is 8.80. The topological polar surface area (TPSA) is 16.1 Å². The van der Waals surface area contributed by atoms with Crippen molar-refractivity contribution in [2.45, 2.75) is 39.7 Å². The van der Waals surface area contributed by atoms with Crippen LogP contribution in [-0.4, -0.2) is 23.0 Å². The molecule has 0 spiro atoms. The number of hydrogen-bond donors (Lipinski definition) is 0. The first kappa shape index (κ1) is 14.7. The summed E-state index contributed by atoms with van der Waals surface area (Å²) in [5.41, 5.74) is 2.32. The Bertz CT molecular complexity index is 565. The van der Waals surface area contributed by atoms with Gasteiger partial charge in [-0.25, -0.2) is 0 Å². The SMILES string of the molecule is CCC1CCN(Cc2ccc(-c3ccc(C)nc3)s2)CC1. The van der Waals surface area contributed by atoms with E-state index in [1.807, 2.05) is 24.5 Å². The van der Waals surface area contributed by atoms with Crippen LogP contribution >= 0.6 is 11.3 Å². The largest absolute Gasteiger partial charge is 0.298 e. The Kier molecular flexibility index (Phi) is 4.71. The van der Waals surface area contributed by atoms with Gasteiger partial charge < -0.3 is 0 Å². The van der Waals surface area contributed by atoms with E-state index >= 15 is 0 Å². The van der Waals surface area contributed by atoms with Crippen molar-refractivity contribution in [2.24, 2.45) is 5.92 Å². The third kappa shape index (κ3) is 3.72. The molecule has 1 saturated heterocycles. The number of likely N-dealkylation sites (tertiary alicyclic amines) is 1. The standard InChI is InChI=1S/C18H24N2S/c1-3-15-8-10-20(11-9-15)13-17-6-7-18(21-17)16-5-4-14(2)19-12-16/h4-7,12,15H,3,8-11,13H2,1-2H3. The van der Waals surface area contributed by atoms with Gasteiger partial charge in [-0.3, -0.25) is 9.88 Å². The Hall–Kier alpha value is -1.19. The zero-order valence-electron chi connectivity index (χ0n) is 13.0. The molecule has 0 amide bonds. The summed E-state index contributed by atoms with van der Waals surface area (Å²) >= 11 is 1.91. The summed E-state index contributed by atoms with van der Waals surface area (Å²) in [6, 6.07) is 8.78. The lowest BCUT2D eigenvalue weighted by Gasteiger charge is -2.31. The van der Waals surface area contributed by atoms with E-state index in [4.69, 9.17) is 0 Å². The monoisotopic (exact) mass is 300 g/mol. The Labute approximate surface area is 131 Å². The van der Waals surface area contributed by atoms with Gasteiger partial charge in [0.05, 0.1) is 0 Å². The molecular formula is C18H24N2S. The zero-order chi connectivity index (χ0) is 14.7. The minimum atomic E-state index is 0.957. The third-order valence-corrected chi connectivity index (χ3v) is 5.64. The Morgan fingerprint density at radius 3 is 2.67 bits per heavy atom. The molecule has 2 aromatic rings. The number of pyridine rings is 1. The van der Waals surface area contributed by atoms with E-state index in [-0.39, 0.29) is 0 Å². The molecule has 0 radical (unpaired) electrons. The lowest BCUT2D eigenvalue weighted by molar-refractivity contribution is 0.176. The fourth-order valence-corrected chi connectivity index (χ4v) is 4.05. The van der Waals surface area contributed by atoms with Crippen molar-refractivity contribution in [3.8, 4) is 10.4 Å². The van der Waals surface area contributed by atoms with Crippen molar-refractivity contribution in [1.29, 1.82) is 0 Å². The maximum Gasteiger partial charge on any atom is 0.0373 e. The summed E-state index contributed by atoms with van der Waals surface area (Å²) in [5, 5.41) is 0. The highest BCUT2D eigenvalue weighted by atomic mass is 32.1. The number of hydrogen-bond acceptors (Lipinski definition) is 3. The van der Waals surface area contributed by atoms with Crippen LogP contribution in [-0.2, 0) is 6.54 Å². The summed E-state index contributed by atoms with van der Waals surface area (Å²) in [7, 11) is 0. The van der Waals surface area contributed by atoms with Gasteiger partial charge in [0.1, 0.15) is 0 Å². The quantitative estimate of drug-likeness (QED) is 0.810. The van der Waals surface area contributed by atoms with E-state index in [9.17, 15) is 0 Å². The summed E-state index contributed by atoms with van der Waals surface area (Å²) in [6.07, 6.45) is 6.07. The van der Waals surface area contributed by atoms with Crippen molar-refractivity contribution in [3.05, 3.63) is 41.0 Å². The lowest BCUT2D eigenvalue weighted by atomic mass is 9.94. The van der Waals surface area contributed by atoms with Crippen LogP contribution in [0, 0.1) is 12.8 Å². The van der Waals surface area contributed by atoms with Gasteiger partial charge in [0, 0.05) is 33.8 Å². The van der Waals surface area contributed by atoms with Crippen molar-refractivity contribution in [3.63, 3.8) is 0 Å². The molecule has 1 fully saturated rings. The minimum absolute atomic E-state index is 0.957. The molecule has 0 bridgehead atoms. The lowest BCUT2D eigenvalue weighted by Crippen LogP contribution is -2.32. The van der Waals surface area contributed by atoms with Crippen LogP contribution in [0.3, 0.4) is 0 Å². The maximum absolute atomic E-state index is 4.39. The third-order valence-electron chi connectivity index (χ3n) is 4.52. The number of rotatable bonds is 4. The van der Waals surface area contributed by atoms with Crippen LogP contribution in [0.25, 0.3) is 10.4 Å². The van der Waals surface area contributed by atoms with E-state index < -0.39 is 0 Å². The number of nitrogens with zero attached hydrogens (tertiary/aromatic N) is 2. The van der Waals surface area contributed by atoms with Crippen molar-refractivity contribution in [2.75, 3.05) is 13.1 Å². The first-order chi connectivity index (χ1) is 10.2. The second kappa shape index (κ2) is 6.71. The molecule has 0 aliphatic carbocycles. The van der Waals surface area contributed by atoms with Gasteiger partial charge in [-0.2, -0.15) is 0 Å². The summed E-state index contributed by atoms with van der Waals surface area (Å²) in [6.45, 7) is 7.99. The van der Waals surface area contributed by atoms with E-state index in [0.717, 1.165) is 18.2 Å². The summed E-state index contributed by atoms with van der Waals surface area (Å²) in [4.78, 5) is 9.81. The normalized spacial score (nSPS) is 17.2. The predicted molar refractivity (Wildman–Crippen MR) is 90.6 cm³/mol. The van der Waals surface area contributed by atoms with E-state index in [0.29, 0.717) is 0 Å². The Morgan fingerprint density at radius 1 is 1.19 bits per heavy atom. The summed E-state index contributed by atoms with van der Waals surface area (Å²) in [5.74, 6) is 0.957. The maximum atomic E-state index is 4.39. The van der Waals surface area contributed by atoms with Crippen LogP contribution in [0.15, 0.2) is 30.5 Å². The predicted octanol–water partition coefficient (Wildman–Crippen LogP) is 4.74. The average Bonchev–Trinajstić information content (AvgIpc) is 2.97. The zero-order valence-corrected chi connectivity index (χ0v) is 13.8. The summed E-state index contributed by atoms with van der Waals surface area (Å²) < 4.78 is 0. The van der Waals surface area contributed by atoms with Crippen molar-refractivity contribution < 1.29 is 0 Å². The molecule has 0 unspecified atom stereocenters.